The van der Waals surface area contributed by atoms with Crippen molar-refractivity contribution in [3.63, 3.8) is 0 Å². The van der Waals surface area contributed by atoms with Gasteiger partial charge in [-0.25, -0.2) is 0 Å². The molecule has 3 rings (SSSR count). The smallest absolute Gasteiger partial charge is 0.129 e. The Balaban J connectivity index is 1.99. The van der Waals surface area contributed by atoms with Crippen molar-refractivity contribution >= 4 is 17.3 Å². The number of hydrogen-bond acceptors (Lipinski definition) is 3. The summed E-state index contributed by atoms with van der Waals surface area (Å²) in [6, 6.07) is 13.5. The summed E-state index contributed by atoms with van der Waals surface area (Å²) in [6.07, 6.45) is 0.377. The number of ether oxygens (including phenoxy) is 1. The molecule has 1 heterocycles. The van der Waals surface area contributed by atoms with Gasteiger partial charge in [0, 0.05) is 17.0 Å². The average Bonchev–Trinajstić information content (AvgIpc) is 2.47. The summed E-state index contributed by atoms with van der Waals surface area (Å²) >= 11 is 5.98. The summed E-state index contributed by atoms with van der Waals surface area (Å²) in [5.74, 6) is 0.694. The zero-order valence-corrected chi connectivity index (χ0v) is 11.8. The lowest BCUT2D eigenvalue weighted by atomic mass is 9.95. The number of aryl methyl sites for hydroxylation is 1. The maximum absolute atomic E-state index is 9.23. The van der Waals surface area contributed by atoms with Gasteiger partial charge in [0.2, 0.25) is 0 Å². The van der Waals surface area contributed by atoms with E-state index >= 15 is 0 Å². The molecule has 3 nitrogen and oxygen atoms in total. The molecule has 2 aromatic carbocycles. The molecule has 1 atom stereocenters. The van der Waals surface area contributed by atoms with Crippen molar-refractivity contribution in [2.75, 3.05) is 0 Å². The zero-order valence-electron chi connectivity index (χ0n) is 11.0. The summed E-state index contributed by atoms with van der Waals surface area (Å²) in [4.78, 5) is 0. The number of oxime groups is 1. The lowest BCUT2D eigenvalue weighted by Crippen LogP contribution is -2.21. The Labute approximate surface area is 122 Å². The fourth-order valence-electron chi connectivity index (χ4n) is 2.37. The van der Waals surface area contributed by atoms with Crippen LogP contribution in [0.5, 0.6) is 5.75 Å². The standard InChI is InChI=1S/C16H14ClNO2/c1-10-2-4-11(5-3-10)16-9-14(18-19)13-8-12(17)6-7-15(13)20-16/h2-8,16,19H,9H2,1H3/b18-14+. The maximum Gasteiger partial charge on any atom is 0.129 e. The quantitative estimate of drug-likeness (QED) is 0.626. The van der Waals surface area contributed by atoms with E-state index in [0.29, 0.717) is 22.9 Å². The predicted octanol–water partition coefficient (Wildman–Crippen LogP) is 4.35. The van der Waals surface area contributed by atoms with Gasteiger partial charge in [0.15, 0.2) is 0 Å². The van der Waals surface area contributed by atoms with Crippen LogP contribution in [0.3, 0.4) is 0 Å². The van der Waals surface area contributed by atoms with E-state index in [-0.39, 0.29) is 6.10 Å². The molecule has 1 aliphatic rings. The molecule has 0 amide bonds. The topological polar surface area (TPSA) is 41.8 Å². The minimum absolute atomic E-state index is 0.143. The molecule has 0 aliphatic carbocycles. The van der Waals surface area contributed by atoms with Crippen molar-refractivity contribution in [2.45, 2.75) is 19.4 Å². The summed E-state index contributed by atoms with van der Waals surface area (Å²) in [6.45, 7) is 2.05. The Morgan fingerprint density at radius 2 is 1.95 bits per heavy atom. The normalized spacial score (nSPS) is 19.5. The van der Waals surface area contributed by atoms with Crippen LogP contribution in [0.25, 0.3) is 0 Å². The van der Waals surface area contributed by atoms with Gasteiger partial charge >= 0.3 is 0 Å². The fourth-order valence-corrected chi connectivity index (χ4v) is 2.54. The number of benzene rings is 2. The molecule has 4 heteroatoms. The molecule has 0 bridgehead atoms. The molecule has 1 N–H and O–H groups in total. The van der Waals surface area contributed by atoms with E-state index in [1.807, 2.05) is 37.3 Å². The van der Waals surface area contributed by atoms with Crippen LogP contribution in [-0.4, -0.2) is 10.9 Å². The number of fused-ring (bicyclic) bond motifs is 1. The Bertz CT molecular complexity index is 665. The summed E-state index contributed by atoms with van der Waals surface area (Å²) in [7, 11) is 0. The fraction of sp³-hybridized carbons (Fsp3) is 0.188. The van der Waals surface area contributed by atoms with Gasteiger partial charge in [-0.2, -0.15) is 0 Å². The van der Waals surface area contributed by atoms with Gasteiger partial charge in [0.1, 0.15) is 11.9 Å². The van der Waals surface area contributed by atoms with Crippen molar-refractivity contribution in [3.8, 4) is 5.75 Å². The molecule has 1 aliphatic heterocycles. The summed E-state index contributed by atoms with van der Waals surface area (Å²) < 4.78 is 5.99. The number of nitrogens with zero attached hydrogens (tertiary/aromatic N) is 1. The number of hydrogen-bond donors (Lipinski definition) is 1. The highest BCUT2D eigenvalue weighted by atomic mass is 35.5. The highest BCUT2D eigenvalue weighted by Crippen LogP contribution is 2.36. The second-order valence-corrected chi connectivity index (χ2v) is 5.34. The molecule has 0 saturated heterocycles. The van der Waals surface area contributed by atoms with Crippen molar-refractivity contribution in [1.29, 1.82) is 0 Å². The first-order chi connectivity index (χ1) is 9.67. The molecule has 0 radical (unpaired) electrons. The van der Waals surface area contributed by atoms with Gasteiger partial charge < -0.3 is 9.94 Å². The molecule has 2 aromatic rings. The van der Waals surface area contributed by atoms with Crippen molar-refractivity contribution < 1.29 is 9.94 Å². The van der Waals surface area contributed by atoms with E-state index in [1.165, 1.54) is 5.56 Å². The second kappa shape index (κ2) is 5.17. The SMILES string of the molecule is Cc1ccc(C2C/C(=N\O)c3cc(Cl)ccc3O2)cc1. The van der Waals surface area contributed by atoms with Crippen LogP contribution in [0.15, 0.2) is 47.6 Å². The Kier molecular flexibility index (Phi) is 3.36. The lowest BCUT2D eigenvalue weighted by Gasteiger charge is -2.27. The van der Waals surface area contributed by atoms with Gasteiger partial charge in [-0.15, -0.1) is 0 Å². The Morgan fingerprint density at radius 3 is 2.65 bits per heavy atom. The Hall–Kier alpha value is -2.00. The molecule has 102 valence electrons. The predicted molar refractivity (Wildman–Crippen MR) is 78.9 cm³/mol. The minimum Gasteiger partial charge on any atom is -0.485 e. The largest absolute Gasteiger partial charge is 0.485 e. The van der Waals surface area contributed by atoms with Gasteiger partial charge in [-0.1, -0.05) is 46.6 Å². The number of halogens is 1. The van der Waals surface area contributed by atoms with E-state index in [0.717, 1.165) is 11.1 Å². The minimum atomic E-state index is -0.143. The van der Waals surface area contributed by atoms with Crippen LogP contribution in [0.1, 0.15) is 29.2 Å². The third-order valence-electron chi connectivity index (χ3n) is 3.47. The highest BCUT2D eigenvalue weighted by Gasteiger charge is 2.26. The second-order valence-electron chi connectivity index (χ2n) is 4.91. The third kappa shape index (κ3) is 2.37. The zero-order chi connectivity index (χ0) is 14.1. The molecule has 0 saturated carbocycles. The highest BCUT2D eigenvalue weighted by molar-refractivity contribution is 6.31. The van der Waals surface area contributed by atoms with Crippen LogP contribution in [0, 0.1) is 6.92 Å². The molecule has 0 fully saturated rings. The van der Waals surface area contributed by atoms with Gasteiger partial charge in [0.05, 0.1) is 5.71 Å². The van der Waals surface area contributed by atoms with Crippen LogP contribution in [0.2, 0.25) is 5.02 Å². The van der Waals surface area contributed by atoms with E-state index in [2.05, 4.69) is 5.16 Å². The molecule has 0 aromatic heterocycles. The monoisotopic (exact) mass is 287 g/mol. The summed E-state index contributed by atoms with van der Waals surface area (Å²) in [5.41, 5.74) is 3.62. The van der Waals surface area contributed by atoms with Crippen molar-refractivity contribution in [1.82, 2.24) is 0 Å². The Morgan fingerprint density at radius 1 is 1.20 bits per heavy atom. The van der Waals surface area contributed by atoms with Gasteiger partial charge in [-0.05, 0) is 30.7 Å². The molecular formula is C16H14ClNO2. The molecular weight excluding hydrogens is 274 g/mol. The van der Waals surface area contributed by atoms with Crippen molar-refractivity contribution in [3.05, 3.63) is 64.2 Å². The number of rotatable bonds is 1. The summed E-state index contributed by atoms with van der Waals surface area (Å²) in [5, 5.41) is 13.2. The van der Waals surface area contributed by atoms with Crippen LogP contribution < -0.4 is 4.74 Å². The first-order valence-electron chi connectivity index (χ1n) is 6.41. The third-order valence-corrected chi connectivity index (χ3v) is 3.71. The first-order valence-corrected chi connectivity index (χ1v) is 6.79. The van der Waals surface area contributed by atoms with E-state index in [1.54, 1.807) is 12.1 Å². The van der Waals surface area contributed by atoms with Crippen molar-refractivity contribution in [2.24, 2.45) is 5.16 Å². The van der Waals surface area contributed by atoms with Gasteiger partial charge in [-0.3, -0.25) is 0 Å². The first kappa shape index (κ1) is 13.0. The molecule has 0 spiro atoms. The van der Waals surface area contributed by atoms with E-state index in [4.69, 9.17) is 16.3 Å². The average molecular weight is 288 g/mol. The lowest BCUT2D eigenvalue weighted by molar-refractivity contribution is 0.203. The van der Waals surface area contributed by atoms with E-state index < -0.39 is 0 Å². The molecule has 1 unspecified atom stereocenters. The maximum atomic E-state index is 9.23. The molecule has 20 heavy (non-hydrogen) atoms. The van der Waals surface area contributed by atoms with Crippen LogP contribution in [0.4, 0.5) is 0 Å². The van der Waals surface area contributed by atoms with Crippen LogP contribution in [-0.2, 0) is 0 Å². The van der Waals surface area contributed by atoms with Gasteiger partial charge in [0.25, 0.3) is 0 Å². The van der Waals surface area contributed by atoms with Crippen LogP contribution >= 0.6 is 11.6 Å². The van der Waals surface area contributed by atoms with E-state index in [9.17, 15) is 5.21 Å².